The minimum absolute atomic E-state index is 0.155. The van der Waals surface area contributed by atoms with Crippen molar-refractivity contribution in [2.75, 3.05) is 6.61 Å². The van der Waals surface area contributed by atoms with Crippen LogP contribution in [-0.2, 0) is 24.4 Å². The van der Waals surface area contributed by atoms with Crippen LogP contribution >= 0.6 is 0 Å². The summed E-state index contributed by atoms with van der Waals surface area (Å²) in [4.78, 5) is 10.9. The predicted molar refractivity (Wildman–Crippen MR) is 67.4 cm³/mol. The van der Waals surface area contributed by atoms with Crippen LogP contribution in [0.5, 0.6) is 0 Å². The number of carbonyl (C=O) groups is 1. The fraction of sp³-hybridized carbons (Fsp3) is 0.727. The highest BCUT2D eigenvalue weighted by Crippen LogP contribution is 2.47. The minimum Gasteiger partial charge on any atom is -0.462 e. The number of hydrogen-bond acceptors (Lipinski definition) is 5. The molecule has 26 heavy (non-hydrogen) atoms. The monoisotopic (exact) mass is 424 g/mol. The average Bonchev–Trinajstić information content (AvgIpc) is 2.40. The summed E-state index contributed by atoms with van der Waals surface area (Å²) >= 11 is 0. The van der Waals surface area contributed by atoms with Gasteiger partial charge >= 0.3 is 39.5 Å². The van der Waals surface area contributed by atoms with E-state index in [9.17, 15) is 48.3 Å². The predicted octanol–water partition coefficient (Wildman–Crippen LogP) is 3.20. The summed E-state index contributed by atoms with van der Waals surface area (Å²) in [6.45, 7) is 3.43. The van der Waals surface area contributed by atoms with Crippen molar-refractivity contribution in [1.82, 2.24) is 0 Å². The van der Waals surface area contributed by atoms with E-state index in [0.717, 1.165) is 0 Å². The van der Waals surface area contributed by atoms with E-state index in [4.69, 9.17) is 4.55 Å². The van der Waals surface area contributed by atoms with Gasteiger partial charge < -0.3 is 4.74 Å². The van der Waals surface area contributed by atoms with Crippen LogP contribution in [0.4, 0.5) is 35.1 Å². The molecule has 15 heteroatoms. The van der Waals surface area contributed by atoms with Gasteiger partial charge in [0, 0.05) is 12.0 Å². The maximum Gasteiger partial charge on any atom is 0.460 e. The molecule has 0 bridgehead atoms. The molecular formula is C11H12F8O6S. The van der Waals surface area contributed by atoms with Gasteiger partial charge in [0.05, 0.1) is 6.61 Å². The Balaban J connectivity index is 5.12. The zero-order valence-corrected chi connectivity index (χ0v) is 13.6. The molecule has 0 aromatic carbocycles. The maximum absolute atomic E-state index is 13.3. The fourth-order valence-corrected chi connectivity index (χ4v) is 1.51. The van der Waals surface area contributed by atoms with E-state index >= 15 is 0 Å². The number of alkyl halides is 8. The van der Waals surface area contributed by atoms with Gasteiger partial charge in [-0.3, -0.25) is 4.55 Å². The van der Waals surface area contributed by atoms with Gasteiger partial charge in [0.15, 0.2) is 0 Å². The Morgan fingerprint density at radius 3 is 1.88 bits per heavy atom. The summed E-state index contributed by atoms with van der Waals surface area (Å²) in [7, 11) is -6.97. The van der Waals surface area contributed by atoms with Gasteiger partial charge in [0.1, 0.15) is 0 Å². The molecule has 0 unspecified atom stereocenters. The van der Waals surface area contributed by atoms with E-state index in [1.807, 2.05) is 0 Å². The summed E-state index contributed by atoms with van der Waals surface area (Å²) in [5.74, 6) is -6.54. The molecule has 0 heterocycles. The first kappa shape index (κ1) is 24.5. The van der Waals surface area contributed by atoms with Crippen molar-refractivity contribution in [3.8, 4) is 0 Å². The molecule has 0 fully saturated rings. The number of ether oxygens (including phenoxy) is 2. The highest BCUT2D eigenvalue weighted by molar-refractivity contribution is 7.86. The second-order valence-corrected chi connectivity index (χ2v) is 6.31. The molecule has 0 aromatic heterocycles. The third-order valence-corrected chi connectivity index (χ3v) is 3.45. The van der Waals surface area contributed by atoms with Crippen molar-refractivity contribution in [1.29, 1.82) is 0 Å². The van der Waals surface area contributed by atoms with E-state index in [-0.39, 0.29) is 5.57 Å². The number of hydrogen-bond donors (Lipinski definition) is 1. The Bertz CT molecular complexity index is 645. The number of rotatable bonds is 10. The SMILES string of the molecule is C=C(C)C(=O)OCCCC(F)(F)C(F)(F)OC(F)(F)C(F)(F)S(=O)(=O)O. The summed E-state index contributed by atoms with van der Waals surface area (Å²) in [5, 5.41) is -6.63. The summed E-state index contributed by atoms with van der Waals surface area (Å²) in [5.41, 5.74) is -0.155. The van der Waals surface area contributed by atoms with Gasteiger partial charge in [-0.1, -0.05) is 6.58 Å². The normalized spacial score (nSPS) is 14.2. The largest absolute Gasteiger partial charge is 0.462 e. The van der Waals surface area contributed by atoms with Crippen molar-refractivity contribution >= 4 is 16.1 Å². The quantitative estimate of drug-likeness (QED) is 0.191. The lowest BCUT2D eigenvalue weighted by atomic mass is 10.1. The van der Waals surface area contributed by atoms with Crippen LogP contribution in [0, 0.1) is 0 Å². The molecule has 0 aliphatic carbocycles. The molecule has 0 spiro atoms. The Morgan fingerprint density at radius 2 is 1.50 bits per heavy atom. The van der Waals surface area contributed by atoms with E-state index < -0.39 is 58.9 Å². The molecule has 0 aliphatic heterocycles. The summed E-state index contributed by atoms with van der Waals surface area (Å²) in [6, 6.07) is 0. The zero-order chi connectivity index (χ0) is 21.2. The molecule has 0 saturated carbocycles. The molecule has 0 saturated heterocycles. The fourth-order valence-electron chi connectivity index (χ4n) is 1.17. The topological polar surface area (TPSA) is 89.9 Å². The van der Waals surface area contributed by atoms with Crippen LogP contribution in [0.1, 0.15) is 19.8 Å². The van der Waals surface area contributed by atoms with Crippen LogP contribution in [0.25, 0.3) is 0 Å². The van der Waals surface area contributed by atoms with Crippen LogP contribution < -0.4 is 0 Å². The van der Waals surface area contributed by atoms with Gasteiger partial charge in [-0.25, -0.2) is 9.53 Å². The lowest BCUT2D eigenvalue weighted by molar-refractivity contribution is -0.456. The van der Waals surface area contributed by atoms with Crippen molar-refractivity contribution in [2.45, 2.75) is 43.2 Å². The first-order valence-electron chi connectivity index (χ1n) is 6.29. The lowest BCUT2D eigenvalue weighted by Gasteiger charge is -2.31. The van der Waals surface area contributed by atoms with Crippen LogP contribution in [0.3, 0.4) is 0 Å². The molecule has 0 aromatic rings. The van der Waals surface area contributed by atoms with Gasteiger partial charge in [0.25, 0.3) is 0 Å². The van der Waals surface area contributed by atoms with Crippen LogP contribution in [-0.4, -0.2) is 48.9 Å². The Labute approximate surface area is 141 Å². The second-order valence-electron chi connectivity index (χ2n) is 4.85. The first-order valence-corrected chi connectivity index (χ1v) is 7.73. The molecular weight excluding hydrogens is 412 g/mol. The Kier molecular flexibility index (Phi) is 7.20. The van der Waals surface area contributed by atoms with E-state index in [1.54, 1.807) is 0 Å². The number of halogens is 8. The van der Waals surface area contributed by atoms with Gasteiger partial charge in [-0.2, -0.15) is 43.5 Å². The molecule has 0 amide bonds. The summed E-state index contributed by atoms with van der Waals surface area (Å²) < 4.78 is 139. The van der Waals surface area contributed by atoms with Crippen LogP contribution in [0.15, 0.2) is 12.2 Å². The molecule has 0 radical (unpaired) electrons. The average molecular weight is 424 g/mol. The van der Waals surface area contributed by atoms with Gasteiger partial charge in [0.2, 0.25) is 0 Å². The van der Waals surface area contributed by atoms with Crippen molar-refractivity contribution in [3.05, 3.63) is 12.2 Å². The summed E-state index contributed by atoms with van der Waals surface area (Å²) in [6.07, 6.45) is -15.9. The Hall–Kier alpha value is -1.48. The highest BCUT2D eigenvalue weighted by Gasteiger charge is 2.73. The number of carbonyl (C=O) groups excluding carboxylic acids is 1. The standard InChI is InChI=1S/C11H12F8O6S/c1-6(2)7(20)24-5-3-4-8(12,13)9(14,15)25-10(16,17)11(18,19)26(21,22)23/h1,3-5H2,2H3,(H,21,22,23). The lowest BCUT2D eigenvalue weighted by Crippen LogP contribution is -2.55. The number of esters is 1. The zero-order valence-electron chi connectivity index (χ0n) is 12.7. The molecule has 0 aliphatic rings. The molecule has 154 valence electrons. The maximum atomic E-state index is 13.3. The van der Waals surface area contributed by atoms with E-state index in [0.29, 0.717) is 0 Å². The van der Waals surface area contributed by atoms with Crippen LogP contribution in [0.2, 0.25) is 0 Å². The highest BCUT2D eigenvalue weighted by atomic mass is 32.2. The molecule has 6 nitrogen and oxygen atoms in total. The van der Waals surface area contributed by atoms with Gasteiger partial charge in [-0.05, 0) is 13.3 Å². The van der Waals surface area contributed by atoms with E-state index in [1.165, 1.54) is 6.92 Å². The Morgan fingerprint density at radius 1 is 1.04 bits per heavy atom. The minimum atomic E-state index is -6.97. The molecule has 0 rings (SSSR count). The third-order valence-electron chi connectivity index (χ3n) is 2.56. The molecule has 1 N–H and O–H groups in total. The van der Waals surface area contributed by atoms with Crippen molar-refractivity contribution < 1.29 is 62.4 Å². The van der Waals surface area contributed by atoms with Crippen molar-refractivity contribution in [3.63, 3.8) is 0 Å². The van der Waals surface area contributed by atoms with E-state index in [2.05, 4.69) is 16.1 Å². The third kappa shape index (κ3) is 5.51. The first-order chi connectivity index (χ1) is 11.3. The molecule has 0 atom stereocenters. The smallest absolute Gasteiger partial charge is 0.460 e. The van der Waals surface area contributed by atoms with Gasteiger partial charge in [-0.15, -0.1) is 0 Å². The van der Waals surface area contributed by atoms with Crippen molar-refractivity contribution in [2.24, 2.45) is 0 Å². The second kappa shape index (κ2) is 7.64.